The predicted octanol–water partition coefficient (Wildman–Crippen LogP) is 3.75. The Bertz CT molecular complexity index is 1110. The van der Waals surface area contributed by atoms with Gasteiger partial charge in [-0.1, -0.05) is 42.5 Å². The highest BCUT2D eigenvalue weighted by atomic mass is 16.5. The van der Waals surface area contributed by atoms with Crippen LogP contribution in [0.4, 0.5) is 5.69 Å². The van der Waals surface area contributed by atoms with Crippen LogP contribution in [0.25, 0.3) is 11.0 Å². The summed E-state index contributed by atoms with van der Waals surface area (Å²) in [6.45, 7) is 0.336. The van der Waals surface area contributed by atoms with E-state index < -0.39 is 0 Å². The normalized spacial score (nSPS) is 10.8. The first-order valence-electron chi connectivity index (χ1n) is 9.34. The predicted molar refractivity (Wildman–Crippen MR) is 112 cm³/mol. The van der Waals surface area contributed by atoms with Gasteiger partial charge in [0.1, 0.15) is 31.3 Å². The fourth-order valence-electron chi connectivity index (χ4n) is 3.14. The maximum atomic E-state index is 12.5. The van der Waals surface area contributed by atoms with Gasteiger partial charge >= 0.3 is 0 Å². The van der Waals surface area contributed by atoms with Crippen LogP contribution in [0, 0.1) is 0 Å². The molecule has 3 aromatic carbocycles. The highest BCUT2D eigenvalue weighted by Crippen LogP contribution is 2.19. The van der Waals surface area contributed by atoms with E-state index in [4.69, 9.17) is 4.74 Å². The van der Waals surface area contributed by atoms with Gasteiger partial charge < -0.3 is 19.7 Å². The second kappa shape index (κ2) is 8.58. The molecule has 1 amide bonds. The van der Waals surface area contributed by atoms with Crippen molar-refractivity contribution in [2.75, 3.05) is 5.32 Å². The Labute approximate surface area is 168 Å². The van der Waals surface area contributed by atoms with E-state index in [-0.39, 0.29) is 19.1 Å². The van der Waals surface area contributed by atoms with E-state index >= 15 is 0 Å². The molecule has 0 atom stereocenters. The zero-order valence-electron chi connectivity index (χ0n) is 15.8. The second-order valence-electron chi connectivity index (χ2n) is 6.61. The number of carbonyl (C=O) groups is 1. The molecule has 0 fully saturated rings. The smallest absolute Gasteiger partial charge is 0.244 e. The third-order valence-electron chi connectivity index (χ3n) is 4.56. The molecule has 0 aliphatic heterocycles. The summed E-state index contributed by atoms with van der Waals surface area (Å²) in [6, 6.07) is 24.7. The lowest BCUT2D eigenvalue weighted by atomic mass is 10.2. The number of benzene rings is 3. The first kappa shape index (κ1) is 18.7. The standard InChI is InChI=1S/C23H21N3O3/c27-15-22-25-20-8-4-5-9-21(20)26(22)14-23(28)24-18-10-12-19(13-11-18)29-16-17-6-2-1-3-7-17/h1-13,27H,14-16H2,(H,24,28). The molecule has 0 saturated heterocycles. The van der Waals surface area contributed by atoms with Crippen LogP contribution < -0.4 is 10.1 Å². The number of ether oxygens (including phenoxy) is 1. The molecule has 0 saturated carbocycles. The Hall–Kier alpha value is -3.64. The number of amides is 1. The van der Waals surface area contributed by atoms with Crippen molar-refractivity contribution in [1.82, 2.24) is 9.55 Å². The van der Waals surface area contributed by atoms with Gasteiger partial charge in [-0.25, -0.2) is 4.98 Å². The number of rotatable bonds is 7. The number of hydrogen-bond donors (Lipinski definition) is 2. The van der Waals surface area contributed by atoms with Gasteiger partial charge in [-0.15, -0.1) is 0 Å². The van der Waals surface area contributed by atoms with E-state index in [0.717, 1.165) is 22.3 Å². The number of nitrogens with one attached hydrogen (secondary N) is 1. The summed E-state index contributed by atoms with van der Waals surface area (Å²) < 4.78 is 7.49. The first-order chi connectivity index (χ1) is 14.2. The van der Waals surface area contributed by atoms with Gasteiger partial charge in [-0.05, 0) is 42.0 Å². The molecule has 0 aliphatic rings. The molecule has 1 heterocycles. The van der Waals surface area contributed by atoms with Gasteiger partial charge in [0, 0.05) is 5.69 Å². The molecule has 4 aromatic rings. The van der Waals surface area contributed by atoms with Gasteiger partial charge in [-0.2, -0.15) is 0 Å². The van der Waals surface area contributed by atoms with Gasteiger partial charge in [-0.3, -0.25) is 4.79 Å². The molecule has 146 valence electrons. The fraction of sp³-hybridized carbons (Fsp3) is 0.130. The van der Waals surface area contributed by atoms with E-state index in [1.807, 2.05) is 66.7 Å². The Morgan fingerprint density at radius 3 is 2.45 bits per heavy atom. The van der Waals surface area contributed by atoms with Gasteiger partial charge in [0.25, 0.3) is 0 Å². The van der Waals surface area contributed by atoms with Crippen LogP contribution in [0.3, 0.4) is 0 Å². The molecule has 2 N–H and O–H groups in total. The molecule has 0 spiro atoms. The molecule has 0 bridgehead atoms. The third-order valence-corrected chi connectivity index (χ3v) is 4.56. The zero-order chi connectivity index (χ0) is 20.1. The van der Waals surface area contributed by atoms with Gasteiger partial charge in [0.15, 0.2) is 0 Å². The topological polar surface area (TPSA) is 76.4 Å². The summed E-state index contributed by atoms with van der Waals surface area (Å²) in [6.07, 6.45) is 0. The SMILES string of the molecule is O=C(Cn1c(CO)nc2ccccc21)Nc1ccc(OCc2ccccc2)cc1. The molecule has 6 nitrogen and oxygen atoms in total. The number of fused-ring (bicyclic) bond motifs is 1. The number of nitrogens with zero attached hydrogens (tertiary/aromatic N) is 2. The van der Waals surface area contributed by atoms with Gasteiger partial charge in [0.05, 0.1) is 11.0 Å². The van der Waals surface area contributed by atoms with Crippen molar-refractivity contribution in [2.45, 2.75) is 19.8 Å². The molecule has 0 aliphatic carbocycles. The van der Waals surface area contributed by atoms with Crippen LogP contribution in [-0.4, -0.2) is 20.6 Å². The summed E-state index contributed by atoms with van der Waals surface area (Å²) in [7, 11) is 0. The first-order valence-corrected chi connectivity index (χ1v) is 9.34. The van der Waals surface area contributed by atoms with Crippen molar-refractivity contribution >= 4 is 22.6 Å². The second-order valence-corrected chi connectivity index (χ2v) is 6.61. The van der Waals surface area contributed by atoms with Crippen LogP contribution in [0.1, 0.15) is 11.4 Å². The molecular weight excluding hydrogens is 366 g/mol. The number of aliphatic hydroxyl groups is 1. The maximum absolute atomic E-state index is 12.5. The summed E-state index contributed by atoms with van der Waals surface area (Å²) >= 11 is 0. The van der Waals surface area contributed by atoms with E-state index in [0.29, 0.717) is 18.1 Å². The van der Waals surface area contributed by atoms with Crippen molar-refractivity contribution in [3.05, 3.63) is 90.3 Å². The van der Waals surface area contributed by atoms with E-state index in [2.05, 4.69) is 10.3 Å². The molecule has 0 radical (unpaired) electrons. The number of hydrogen-bond acceptors (Lipinski definition) is 4. The van der Waals surface area contributed by atoms with E-state index in [9.17, 15) is 9.90 Å². The Morgan fingerprint density at radius 2 is 1.69 bits per heavy atom. The molecule has 4 rings (SSSR count). The zero-order valence-corrected chi connectivity index (χ0v) is 15.8. The van der Waals surface area contributed by atoms with Crippen LogP contribution in [-0.2, 0) is 24.6 Å². The van der Waals surface area contributed by atoms with E-state index in [1.54, 1.807) is 16.7 Å². The minimum absolute atomic E-state index is 0.0721. The molecular formula is C23H21N3O3. The average molecular weight is 387 g/mol. The Balaban J connectivity index is 1.39. The quantitative estimate of drug-likeness (QED) is 0.506. The lowest BCUT2D eigenvalue weighted by Gasteiger charge is -2.10. The van der Waals surface area contributed by atoms with Crippen LogP contribution >= 0.6 is 0 Å². The molecule has 1 aromatic heterocycles. The fourth-order valence-corrected chi connectivity index (χ4v) is 3.14. The van der Waals surface area contributed by atoms with Crippen molar-refractivity contribution < 1.29 is 14.6 Å². The van der Waals surface area contributed by atoms with Crippen molar-refractivity contribution in [1.29, 1.82) is 0 Å². The van der Waals surface area contributed by atoms with Crippen molar-refractivity contribution in [3.63, 3.8) is 0 Å². The molecule has 6 heteroatoms. The number of carbonyl (C=O) groups excluding carboxylic acids is 1. The average Bonchev–Trinajstić information content (AvgIpc) is 3.11. The van der Waals surface area contributed by atoms with Crippen LogP contribution in [0.5, 0.6) is 5.75 Å². The van der Waals surface area contributed by atoms with Crippen molar-refractivity contribution in [3.8, 4) is 5.75 Å². The maximum Gasteiger partial charge on any atom is 0.244 e. The van der Waals surface area contributed by atoms with E-state index in [1.165, 1.54) is 0 Å². The summed E-state index contributed by atoms with van der Waals surface area (Å²) in [5, 5.41) is 12.4. The van der Waals surface area contributed by atoms with Crippen molar-refractivity contribution in [2.24, 2.45) is 0 Å². The third kappa shape index (κ3) is 4.44. The summed E-state index contributed by atoms with van der Waals surface area (Å²) in [5.74, 6) is 1.00. The number of aliphatic hydroxyl groups excluding tert-OH is 1. The Kier molecular flexibility index (Phi) is 5.54. The monoisotopic (exact) mass is 387 g/mol. The minimum atomic E-state index is -0.227. The molecule has 0 unspecified atom stereocenters. The van der Waals surface area contributed by atoms with Crippen LogP contribution in [0.15, 0.2) is 78.9 Å². The number of anilines is 1. The summed E-state index contributed by atoms with van der Waals surface area (Å²) in [4.78, 5) is 16.9. The lowest BCUT2D eigenvalue weighted by Crippen LogP contribution is -2.20. The molecule has 29 heavy (non-hydrogen) atoms. The summed E-state index contributed by atoms with van der Waals surface area (Å²) in [5.41, 5.74) is 3.34. The number of para-hydroxylation sites is 2. The number of aromatic nitrogens is 2. The number of imidazole rings is 1. The minimum Gasteiger partial charge on any atom is -0.489 e. The highest BCUT2D eigenvalue weighted by molar-refractivity contribution is 5.91. The largest absolute Gasteiger partial charge is 0.489 e. The Morgan fingerprint density at radius 1 is 0.966 bits per heavy atom. The van der Waals surface area contributed by atoms with Gasteiger partial charge in [0.2, 0.25) is 5.91 Å². The van der Waals surface area contributed by atoms with Crippen LogP contribution in [0.2, 0.25) is 0 Å². The highest BCUT2D eigenvalue weighted by Gasteiger charge is 2.13. The lowest BCUT2D eigenvalue weighted by molar-refractivity contribution is -0.116.